The smallest absolute Gasteiger partial charge is 0.147 e. The number of benzene rings is 1. The maximum absolute atomic E-state index is 6.70. The average Bonchev–Trinajstić information content (AvgIpc) is 3.53. The number of hydrogen-bond donors (Lipinski definition) is 1. The summed E-state index contributed by atoms with van der Waals surface area (Å²) < 4.78 is 16.7. The van der Waals surface area contributed by atoms with E-state index >= 15 is 0 Å². The molecule has 1 aliphatic heterocycles. The van der Waals surface area contributed by atoms with Gasteiger partial charge in [-0.25, -0.2) is 9.97 Å². The van der Waals surface area contributed by atoms with Crippen LogP contribution in [0.4, 0.5) is 0 Å². The largest absolute Gasteiger partial charge is 0.379 e. The molecule has 0 unspecified atom stereocenters. The van der Waals surface area contributed by atoms with Crippen molar-refractivity contribution in [2.24, 2.45) is 0 Å². The summed E-state index contributed by atoms with van der Waals surface area (Å²) in [4.78, 5) is 16.2. The number of morpholine rings is 1. The molecule has 6 rings (SSSR count). The van der Waals surface area contributed by atoms with Crippen molar-refractivity contribution < 1.29 is 14.2 Å². The Morgan fingerprint density at radius 1 is 1.14 bits per heavy atom. The fourth-order valence-electron chi connectivity index (χ4n) is 4.95. The molecule has 188 valence electrons. The minimum absolute atomic E-state index is 0.265. The monoisotopic (exact) mass is 524 g/mol. The summed E-state index contributed by atoms with van der Waals surface area (Å²) in [6, 6.07) is 10.9. The van der Waals surface area contributed by atoms with Gasteiger partial charge in [-0.1, -0.05) is 35.9 Å². The molecule has 1 aliphatic carbocycles. The van der Waals surface area contributed by atoms with Gasteiger partial charge in [0.25, 0.3) is 0 Å². The van der Waals surface area contributed by atoms with E-state index in [0.717, 1.165) is 89.8 Å². The zero-order chi connectivity index (χ0) is 24.5. The molecule has 4 heterocycles. The van der Waals surface area contributed by atoms with Crippen LogP contribution in [0.3, 0.4) is 0 Å². The normalized spacial score (nSPS) is 17.9. The van der Waals surface area contributed by atoms with Crippen molar-refractivity contribution in [2.45, 2.75) is 31.4 Å². The molecule has 1 saturated carbocycles. The average molecular weight is 525 g/mol. The van der Waals surface area contributed by atoms with Crippen LogP contribution in [-0.2, 0) is 26.4 Å². The van der Waals surface area contributed by atoms with Crippen LogP contribution in [0.15, 0.2) is 42.7 Å². The summed E-state index contributed by atoms with van der Waals surface area (Å²) in [6.07, 6.45) is 6.66. The first-order chi connectivity index (χ1) is 17.6. The Morgan fingerprint density at radius 2 is 1.94 bits per heavy atom. The minimum atomic E-state index is -0.343. The lowest BCUT2D eigenvalue weighted by Crippen LogP contribution is -2.37. The van der Waals surface area contributed by atoms with E-state index in [1.807, 2.05) is 6.20 Å². The number of pyridine rings is 1. The summed E-state index contributed by atoms with van der Waals surface area (Å²) in [6.45, 7) is 4.80. The highest BCUT2D eigenvalue weighted by Gasteiger charge is 2.43. The van der Waals surface area contributed by atoms with E-state index in [-0.39, 0.29) is 12.4 Å². The van der Waals surface area contributed by atoms with E-state index in [1.54, 1.807) is 24.6 Å². The summed E-state index contributed by atoms with van der Waals surface area (Å²) in [7, 11) is 1.65. The van der Waals surface area contributed by atoms with Crippen molar-refractivity contribution in [3.8, 4) is 21.7 Å². The summed E-state index contributed by atoms with van der Waals surface area (Å²) in [5.74, 6) is 0. The molecule has 1 aromatic carbocycles. The quantitative estimate of drug-likeness (QED) is 0.292. The fourth-order valence-corrected chi connectivity index (χ4v) is 6.45. The molecular formula is C27H29ClN4O3S. The topological polar surface area (TPSA) is 72.5 Å². The number of nitrogens with one attached hydrogen (secondary N) is 1. The Balaban J connectivity index is 1.28. The molecule has 0 atom stereocenters. The number of rotatable bonds is 8. The molecule has 2 aliphatic rings. The molecule has 9 heteroatoms. The molecule has 0 amide bonds. The third kappa shape index (κ3) is 4.58. The second-order valence-corrected chi connectivity index (χ2v) is 10.9. The van der Waals surface area contributed by atoms with Crippen molar-refractivity contribution in [2.75, 3.05) is 40.2 Å². The van der Waals surface area contributed by atoms with Crippen LogP contribution < -0.4 is 0 Å². The molecule has 7 nitrogen and oxygen atoms in total. The molecule has 0 bridgehead atoms. The highest BCUT2D eigenvalue weighted by atomic mass is 35.5. The Labute approximate surface area is 219 Å². The number of aromatic amines is 1. The van der Waals surface area contributed by atoms with Gasteiger partial charge >= 0.3 is 0 Å². The summed E-state index contributed by atoms with van der Waals surface area (Å²) in [5, 5.41) is 2.59. The Kier molecular flexibility index (Phi) is 6.81. The van der Waals surface area contributed by atoms with Gasteiger partial charge in [-0.15, -0.1) is 11.3 Å². The molecule has 4 aromatic rings. The molecule has 3 aromatic heterocycles. The van der Waals surface area contributed by atoms with Crippen molar-refractivity contribution in [3.05, 3.63) is 58.3 Å². The van der Waals surface area contributed by atoms with E-state index in [4.69, 9.17) is 30.8 Å². The van der Waals surface area contributed by atoms with E-state index < -0.39 is 0 Å². The molecule has 2 fully saturated rings. The van der Waals surface area contributed by atoms with Gasteiger partial charge in [0.2, 0.25) is 0 Å². The summed E-state index contributed by atoms with van der Waals surface area (Å²) >= 11 is 8.34. The van der Waals surface area contributed by atoms with E-state index in [0.29, 0.717) is 5.02 Å². The number of fused-ring (bicyclic) bond motifs is 1. The van der Waals surface area contributed by atoms with Crippen LogP contribution >= 0.6 is 22.9 Å². The van der Waals surface area contributed by atoms with Crippen LogP contribution in [0.1, 0.15) is 29.8 Å². The second-order valence-electron chi connectivity index (χ2n) is 9.44. The van der Waals surface area contributed by atoms with Gasteiger partial charge in [0, 0.05) is 55.8 Å². The van der Waals surface area contributed by atoms with Gasteiger partial charge < -0.3 is 19.2 Å². The SMILES string of the molecule is COCOC1(c2ncc(-c3c(Cl)cnc4[nH]c(-c5ccc(CN6CCOCC6)cc5)cc34)s2)CCC1. The Bertz CT molecular complexity index is 1340. The highest BCUT2D eigenvalue weighted by Crippen LogP contribution is 2.48. The molecule has 36 heavy (non-hydrogen) atoms. The van der Waals surface area contributed by atoms with Crippen LogP contribution in [0.25, 0.3) is 32.7 Å². The van der Waals surface area contributed by atoms with Crippen LogP contribution in [0, 0.1) is 0 Å². The van der Waals surface area contributed by atoms with E-state index in [1.165, 1.54) is 5.56 Å². The van der Waals surface area contributed by atoms with Gasteiger partial charge in [-0.3, -0.25) is 4.90 Å². The van der Waals surface area contributed by atoms with Crippen molar-refractivity contribution >= 4 is 34.0 Å². The Morgan fingerprint density at radius 3 is 2.67 bits per heavy atom. The van der Waals surface area contributed by atoms with E-state index in [9.17, 15) is 0 Å². The number of halogens is 1. The predicted molar refractivity (Wildman–Crippen MR) is 142 cm³/mol. The van der Waals surface area contributed by atoms with Crippen molar-refractivity contribution in [3.63, 3.8) is 0 Å². The standard InChI is InChI=1S/C27H29ClN4O3S/c1-33-17-35-27(7-2-8-27)26-30-15-23(36-26)24-20-13-22(31-25(20)29-14-21(24)28)19-5-3-18(4-6-19)16-32-9-11-34-12-10-32/h3-6,13-15H,2,7-12,16-17H2,1H3,(H,29,31). The number of ether oxygens (including phenoxy) is 3. The maximum atomic E-state index is 6.70. The summed E-state index contributed by atoms with van der Waals surface area (Å²) in [5.41, 5.74) is 4.86. The van der Waals surface area contributed by atoms with Crippen molar-refractivity contribution in [1.29, 1.82) is 0 Å². The number of aromatic nitrogens is 3. The zero-order valence-electron chi connectivity index (χ0n) is 20.3. The third-order valence-corrected chi connectivity index (χ3v) is 8.63. The number of thiazole rings is 1. The van der Waals surface area contributed by atoms with Crippen LogP contribution in [-0.4, -0.2) is 60.1 Å². The van der Waals surface area contributed by atoms with Crippen LogP contribution in [0.5, 0.6) is 0 Å². The number of nitrogens with zero attached hydrogens (tertiary/aromatic N) is 3. The molecule has 1 saturated heterocycles. The Hall–Kier alpha value is -2.33. The van der Waals surface area contributed by atoms with Gasteiger partial charge in [-0.2, -0.15) is 0 Å². The molecule has 0 radical (unpaired) electrons. The highest BCUT2D eigenvalue weighted by molar-refractivity contribution is 7.15. The van der Waals surface area contributed by atoms with Crippen LogP contribution in [0.2, 0.25) is 5.02 Å². The lowest BCUT2D eigenvalue weighted by atomic mass is 9.80. The third-order valence-electron chi connectivity index (χ3n) is 7.14. The van der Waals surface area contributed by atoms with Crippen molar-refractivity contribution in [1.82, 2.24) is 19.9 Å². The first kappa shape index (κ1) is 24.0. The molecular weight excluding hydrogens is 496 g/mol. The number of hydrogen-bond acceptors (Lipinski definition) is 7. The zero-order valence-corrected chi connectivity index (χ0v) is 21.8. The van der Waals surface area contributed by atoms with E-state index in [2.05, 4.69) is 45.2 Å². The maximum Gasteiger partial charge on any atom is 0.147 e. The molecule has 1 N–H and O–H groups in total. The lowest BCUT2D eigenvalue weighted by Gasteiger charge is -2.39. The van der Waals surface area contributed by atoms with Gasteiger partial charge in [-0.05, 0) is 36.5 Å². The van der Waals surface area contributed by atoms with Gasteiger partial charge in [0.05, 0.1) is 23.1 Å². The lowest BCUT2D eigenvalue weighted by molar-refractivity contribution is -0.171. The fraction of sp³-hybridized carbons (Fsp3) is 0.407. The second kappa shape index (κ2) is 10.2. The minimum Gasteiger partial charge on any atom is -0.379 e. The predicted octanol–water partition coefficient (Wildman–Crippen LogP) is 5.84. The number of methoxy groups -OCH3 is 1. The molecule has 0 spiro atoms. The van der Waals surface area contributed by atoms with Gasteiger partial charge in [0.15, 0.2) is 0 Å². The van der Waals surface area contributed by atoms with Gasteiger partial charge in [0.1, 0.15) is 23.0 Å². The first-order valence-electron chi connectivity index (χ1n) is 12.3. The number of H-pyrrole nitrogens is 1. The first-order valence-corrected chi connectivity index (χ1v) is 13.5.